The van der Waals surface area contributed by atoms with Crippen molar-refractivity contribution in [2.75, 3.05) is 13.7 Å². The highest BCUT2D eigenvalue weighted by Gasteiger charge is 2.80. The summed E-state index contributed by atoms with van der Waals surface area (Å²) in [4.78, 5) is 50.8. The summed E-state index contributed by atoms with van der Waals surface area (Å²) >= 11 is 0. The summed E-state index contributed by atoms with van der Waals surface area (Å²) in [6.07, 6.45) is 0.519. The van der Waals surface area contributed by atoms with Crippen molar-refractivity contribution in [1.29, 1.82) is 0 Å². The molecule has 9 nitrogen and oxygen atoms in total. The Hall–Kier alpha value is -2.26. The van der Waals surface area contributed by atoms with Crippen LogP contribution in [-0.2, 0) is 42.9 Å². The highest BCUT2D eigenvalue weighted by molar-refractivity contribution is 6.05. The summed E-state index contributed by atoms with van der Waals surface area (Å²) in [5.74, 6) is -2.50. The minimum Gasteiger partial charge on any atom is -0.462 e. The van der Waals surface area contributed by atoms with E-state index < -0.39 is 70.6 Å². The van der Waals surface area contributed by atoms with Gasteiger partial charge in [-0.1, -0.05) is 19.9 Å². The van der Waals surface area contributed by atoms with Crippen molar-refractivity contribution in [2.45, 2.75) is 84.4 Å². The van der Waals surface area contributed by atoms with Crippen LogP contribution in [0.15, 0.2) is 12.2 Å². The van der Waals surface area contributed by atoms with Gasteiger partial charge in [0, 0.05) is 50.5 Å². The largest absolute Gasteiger partial charge is 0.462 e. The van der Waals surface area contributed by atoms with Crippen molar-refractivity contribution in [3.63, 3.8) is 0 Å². The number of carbonyl (C=O) groups excluding carboxylic acids is 4. The van der Waals surface area contributed by atoms with Crippen molar-refractivity contribution in [3.8, 4) is 0 Å². The number of methoxy groups -OCH3 is 1. The lowest BCUT2D eigenvalue weighted by Crippen LogP contribution is -2.75. The quantitative estimate of drug-likeness (QED) is 0.324. The van der Waals surface area contributed by atoms with Crippen LogP contribution in [0.4, 0.5) is 0 Å². The molecular weight excluding hydrogens is 468 g/mol. The van der Waals surface area contributed by atoms with Gasteiger partial charge in [0.15, 0.2) is 5.78 Å². The molecule has 198 valence electrons. The third-order valence-electron chi connectivity index (χ3n) is 10.0. The summed E-state index contributed by atoms with van der Waals surface area (Å²) < 4.78 is 30.0. The Bertz CT molecular complexity index is 1020. The van der Waals surface area contributed by atoms with E-state index in [0.29, 0.717) is 18.4 Å². The van der Waals surface area contributed by atoms with Crippen molar-refractivity contribution < 1.29 is 42.9 Å². The molecule has 10 atom stereocenters. The lowest BCUT2D eigenvalue weighted by molar-refractivity contribution is -0.346. The first-order valence-corrected chi connectivity index (χ1v) is 12.8. The molecule has 9 heteroatoms. The Kier molecular flexibility index (Phi) is 5.91. The zero-order valence-electron chi connectivity index (χ0n) is 21.7. The molecule has 5 fully saturated rings. The van der Waals surface area contributed by atoms with Gasteiger partial charge in [-0.05, 0) is 37.2 Å². The average Bonchev–Trinajstić information content (AvgIpc) is 2.91. The van der Waals surface area contributed by atoms with Gasteiger partial charge in [-0.3, -0.25) is 19.2 Å². The predicted octanol–water partition coefficient (Wildman–Crippen LogP) is 2.74. The molecule has 0 unspecified atom stereocenters. The SMILES string of the molecule is C=C1C(=O)[C@]23[C@@H](OC)C[C@@H]4[C@@]5(C)CCC[C@@]4(CO[C@H]5OC(C)=O)[C@@H]2[C@@H](OC(C)=O)C[C@@H]1[C@H]3OC(C)=O. The lowest BCUT2D eigenvalue weighted by atomic mass is 9.37. The highest BCUT2D eigenvalue weighted by Crippen LogP contribution is 2.74. The van der Waals surface area contributed by atoms with Crippen LogP contribution in [0.1, 0.15) is 59.8 Å². The smallest absolute Gasteiger partial charge is 0.304 e. The van der Waals surface area contributed by atoms with Crippen LogP contribution in [0.3, 0.4) is 0 Å². The van der Waals surface area contributed by atoms with Crippen LogP contribution in [0, 0.1) is 34.0 Å². The summed E-state index contributed by atoms with van der Waals surface area (Å²) in [7, 11) is 1.57. The van der Waals surface area contributed by atoms with E-state index >= 15 is 0 Å². The normalized spacial score (nSPS) is 46.9. The summed E-state index contributed by atoms with van der Waals surface area (Å²) in [5.41, 5.74) is -1.94. The first kappa shape index (κ1) is 25.4. The molecule has 4 aliphatic carbocycles. The number of hydrogen-bond donors (Lipinski definition) is 0. The van der Waals surface area contributed by atoms with Gasteiger partial charge in [0.1, 0.15) is 17.6 Å². The molecule has 0 aromatic rings. The summed E-state index contributed by atoms with van der Waals surface area (Å²) in [6, 6.07) is 0. The average molecular weight is 505 g/mol. The number of ether oxygens (including phenoxy) is 5. The molecule has 0 N–H and O–H groups in total. The number of hydrogen-bond acceptors (Lipinski definition) is 9. The minimum absolute atomic E-state index is 0.0355. The van der Waals surface area contributed by atoms with Gasteiger partial charge in [0.05, 0.1) is 12.7 Å². The second-order valence-electron chi connectivity index (χ2n) is 11.6. The summed E-state index contributed by atoms with van der Waals surface area (Å²) in [6.45, 7) is 10.5. The van der Waals surface area contributed by atoms with Crippen LogP contribution in [0.25, 0.3) is 0 Å². The van der Waals surface area contributed by atoms with Gasteiger partial charge in [-0.2, -0.15) is 0 Å². The molecule has 5 aliphatic rings. The number of Topliss-reactive ketones (excluding diaryl/α,β-unsaturated/α-hetero) is 1. The van der Waals surface area contributed by atoms with Crippen LogP contribution in [-0.4, -0.2) is 62.0 Å². The second-order valence-corrected chi connectivity index (χ2v) is 11.6. The zero-order valence-corrected chi connectivity index (χ0v) is 21.7. The second kappa shape index (κ2) is 8.38. The molecule has 0 amide bonds. The maximum atomic E-state index is 14.2. The third-order valence-corrected chi connectivity index (χ3v) is 10.0. The number of ketones is 1. The van der Waals surface area contributed by atoms with Crippen LogP contribution in [0.5, 0.6) is 0 Å². The molecule has 0 radical (unpaired) electrons. The Balaban J connectivity index is 1.72. The summed E-state index contributed by atoms with van der Waals surface area (Å²) in [5, 5.41) is 0. The molecule has 1 spiro atoms. The molecule has 1 saturated heterocycles. The predicted molar refractivity (Wildman–Crippen MR) is 124 cm³/mol. The van der Waals surface area contributed by atoms with Gasteiger partial charge in [0.25, 0.3) is 0 Å². The zero-order chi connectivity index (χ0) is 26.2. The topological polar surface area (TPSA) is 114 Å². The molecule has 5 rings (SSSR count). The molecule has 0 aromatic carbocycles. The Labute approximate surface area is 211 Å². The van der Waals surface area contributed by atoms with Gasteiger partial charge >= 0.3 is 17.9 Å². The molecule has 1 heterocycles. The van der Waals surface area contributed by atoms with E-state index in [1.165, 1.54) is 20.8 Å². The van der Waals surface area contributed by atoms with E-state index in [1.54, 1.807) is 7.11 Å². The van der Waals surface area contributed by atoms with Crippen LogP contribution < -0.4 is 0 Å². The van der Waals surface area contributed by atoms with Gasteiger partial charge < -0.3 is 23.7 Å². The molecule has 0 aromatic heterocycles. The number of carbonyl (C=O) groups is 4. The molecule has 4 bridgehead atoms. The van der Waals surface area contributed by atoms with E-state index in [-0.39, 0.29) is 18.3 Å². The van der Waals surface area contributed by atoms with Crippen molar-refractivity contribution in [1.82, 2.24) is 0 Å². The fourth-order valence-electron chi connectivity index (χ4n) is 9.10. The molecule has 1 aliphatic heterocycles. The van der Waals surface area contributed by atoms with E-state index in [0.717, 1.165) is 19.3 Å². The standard InChI is InChI=1S/C27H36O9/c1-13-17-10-18(34-14(2)28)21-26-9-7-8-25(5,24(33-12-26)36-16(4)30)19(26)11-20(32-6)27(21,22(13)31)23(17)35-15(3)29/h17-21,23-24H,1,7-12H2,2-6H3/t17-,18-,19+,20-,21-,23+,24-,25+,26-,27-/m0/s1. The fourth-order valence-corrected chi connectivity index (χ4v) is 9.10. The number of fused-ring (bicyclic) bond motifs is 1. The van der Waals surface area contributed by atoms with Gasteiger partial charge in [-0.15, -0.1) is 0 Å². The molecule has 4 saturated carbocycles. The number of esters is 3. The van der Waals surface area contributed by atoms with Gasteiger partial charge in [0.2, 0.25) is 6.29 Å². The van der Waals surface area contributed by atoms with Crippen molar-refractivity contribution in [2.24, 2.45) is 34.0 Å². The van der Waals surface area contributed by atoms with E-state index in [4.69, 9.17) is 23.7 Å². The van der Waals surface area contributed by atoms with E-state index in [9.17, 15) is 19.2 Å². The van der Waals surface area contributed by atoms with E-state index in [1.807, 2.05) is 0 Å². The molecular formula is C27H36O9. The first-order valence-electron chi connectivity index (χ1n) is 12.8. The third kappa shape index (κ3) is 3.14. The highest BCUT2D eigenvalue weighted by atomic mass is 16.7. The van der Waals surface area contributed by atoms with Crippen molar-refractivity contribution in [3.05, 3.63) is 12.2 Å². The Morgan fingerprint density at radius 2 is 1.67 bits per heavy atom. The fraction of sp³-hybridized carbons (Fsp3) is 0.778. The maximum Gasteiger partial charge on any atom is 0.304 e. The van der Waals surface area contributed by atoms with Crippen LogP contribution in [0.2, 0.25) is 0 Å². The molecule has 36 heavy (non-hydrogen) atoms. The number of rotatable bonds is 4. The van der Waals surface area contributed by atoms with Gasteiger partial charge in [-0.25, -0.2) is 0 Å². The first-order chi connectivity index (χ1) is 16.9. The Morgan fingerprint density at radius 3 is 2.28 bits per heavy atom. The monoisotopic (exact) mass is 504 g/mol. The maximum absolute atomic E-state index is 14.2. The van der Waals surface area contributed by atoms with E-state index in [2.05, 4.69) is 13.5 Å². The Morgan fingerprint density at radius 1 is 1.00 bits per heavy atom. The van der Waals surface area contributed by atoms with Crippen molar-refractivity contribution >= 4 is 23.7 Å². The minimum atomic E-state index is -1.24. The lowest BCUT2D eigenvalue weighted by Gasteiger charge is -2.70. The van der Waals surface area contributed by atoms with Crippen LogP contribution >= 0.6 is 0 Å².